The van der Waals surface area contributed by atoms with Gasteiger partial charge in [-0.05, 0) is 32.1 Å². The number of nitrogens with one attached hydrogen (secondary N) is 1. The molecule has 0 saturated carbocycles. The molecule has 0 aromatic rings. The van der Waals surface area contributed by atoms with Crippen LogP contribution in [0, 0.1) is 0 Å². The summed E-state index contributed by atoms with van der Waals surface area (Å²) in [5.74, 6) is -1.93. The Bertz CT molecular complexity index is 402. The number of carboxylic acid groups (broad SMARTS) is 1. The van der Waals surface area contributed by atoms with Gasteiger partial charge in [-0.25, -0.2) is 4.79 Å². The molecule has 0 spiro atoms. The fraction of sp³-hybridized carbons (Fsp3) is 0.643. The number of carbonyl (C=O) groups is 3. The van der Waals surface area contributed by atoms with Crippen molar-refractivity contribution in [3.63, 3.8) is 0 Å². The lowest BCUT2D eigenvalue weighted by Gasteiger charge is -2.16. The number of allylic oxidation sites excluding steroid dienone is 1. The number of carbonyl (C=O) groups excluding carboxylic acids is 2. The zero-order valence-corrected chi connectivity index (χ0v) is 11.7. The van der Waals surface area contributed by atoms with Crippen LogP contribution >= 0.6 is 0 Å². The lowest BCUT2D eigenvalue weighted by Crippen LogP contribution is -2.41. The summed E-state index contributed by atoms with van der Waals surface area (Å²) in [5, 5.41) is 11.5. The molecule has 0 bridgehead atoms. The fourth-order valence-corrected chi connectivity index (χ4v) is 2.14. The van der Waals surface area contributed by atoms with Gasteiger partial charge in [0.05, 0.1) is 7.11 Å². The molecule has 2 N–H and O–H groups in total. The number of carboxylic acids is 1. The standard InChI is InChI=1S/C14H21NO5/c1-20-13(17)8-7-11(14(18)19)15-12(16)9-10-5-3-2-4-6-10/h5,11H,2-4,6-9H2,1H3,(H,15,16)(H,18,19)/t11-/m1/s1. The summed E-state index contributed by atoms with van der Waals surface area (Å²) in [5.41, 5.74) is 1.06. The van der Waals surface area contributed by atoms with Crippen LogP contribution in [0.15, 0.2) is 11.6 Å². The second-order valence-corrected chi connectivity index (χ2v) is 4.86. The van der Waals surface area contributed by atoms with Crippen molar-refractivity contribution in [3.05, 3.63) is 11.6 Å². The first kappa shape index (κ1) is 16.2. The largest absolute Gasteiger partial charge is 0.480 e. The number of hydrogen-bond donors (Lipinski definition) is 2. The van der Waals surface area contributed by atoms with E-state index < -0.39 is 18.0 Å². The van der Waals surface area contributed by atoms with E-state index in [1.807, 2.05) is 6.08 Å². The average molecular weight is 283 g/mol. The predicted octanol–water partition coefficient (Wildman–Crippen LogP) is 1.40. The smallest absolute Gasteiger partial charge is 0.326 e. The Hall–Kier alpha value is -1.85. The molecule has 0 radical (unpaired) electrons. The Morgan fingerprint density at radius 2 is 2.15 bits per heavy atom. The zero-order chi connectivity index (χ0) is 15.0. The normalized spacial score (nSPS) is 15.9. The van der Waals surface area contributed by atoms with E-state index in [-0.39, 0.29) is 25.2 Å². The third-order valence-corrected chi connectivity index (χ3v) is 3.27. The van der Waals surface area contributed by atoms with Crippen molar-refractivity contribution in [2.75, 3.05) is 7.11 Å². The van der Waals surface area contributed by atoms with E-state index in [9.17, 15) is 14.4 Å². The van der Waals surface area contributed by atoms with E-state index >= 15 is 0 Å². The van der Waals surface area contributed by atoms with Crippen molar-refractivity contribution in [1.29, 1.82) is 0 Å². The van der Waals surface area contributed by atoms with Crippen LogP contribution in [0.2, 0.25) is 0 Å². The number of ether oxygens (including phenoxy) is 1. The summed E-state index contributed by atoms with van der Waals surface area (Å²) in [6.45, 7) is 0. The molecule has 1 rings (SSSR count). The second kappa shape index (κ2) is 8.35. The topological polar surface area (TPSA) is 92.7 Å². The first-order valence-corrected chi connectivity index (χ1v) is 6.80. The molecule has 0 fully saturated rings. The molecule has 6 heteroatoms. The minimum absolute atomic E-state index is 0.0313. The molecule has 112 valence electrons. The summed E-state index contributed by atoms with van der Waals surface area (Å²) >= 11 is 0. The van der Waals surface area contributed by atoms with Gasteiger partial charge < -0.3 is 15.2 Å². The van der Waals surface area contributed by atoms with Gasteiger partial charge in [0, 0.05) is 12.8 Å². The van der Waals surface area contributed by atoms with E-state index in [0.29, 0.717) is 0 Å². The SMILES string of the molecule is COC(=O)CC[C@@H](NC(=O)CC1=CCCCC1)C(=O)O. The zero-order valence-electron chi connectivity index (χ0n) is 11.7. The maximum Gasteiger partial charge on any atom is 0.326 e. The molecule has 6 nitrogen and oxygen atoms in total. The lowest BCUT2D eigenvalue weighted by atomic mass is 9.97. The second-order valence-electron chi connectivity index (χ2n) is 4.86. The summed E-state index contributed by atoms with van der Waals surface area (Å²) < 4.78 is 4.45. The number of esters is 1. The van der Waals surface area contributed by atoms with Gasteiger partial charge >= 0.3 is 11.9 Å². The molecule has 0 heterocycles. The van der Waals surface area contributed by atoms with E-state index in [1.54, 1.807) is 0 Å². The van der Waals surface area contributed by atoms with Crippen molar-refractivity contribution in [3.8, 4) is 0 Å². The van der Waals surface area contributed by atoms with Crippen molar-refractivity contribution in [2.45, 2.75) is 51.0 Å². The van der Waals surface area contributed by atoms with Crippen LogP contribution < -0.4 is 5.32 Å². The molecule has 1 aliphatic carbocycles. The molecule has 0 aromatic heterocycles. The van der Waals surface area contributed by atoms with Gasteiger partial charge in [0.1, 0.15) is 6.04 Å². The van der Waals surface area contributed by atoms with E-state index in [0.717, 1.165) is 31.3 Å². The summed E-state index contributed by atoms with van der Waals surface area (Å²) in [6.07, 6.45) is 6.38. The fourth-order valence-electron chi connectivity index (χ4n) is 2.14. The van der Waals surface area contributed by atoms with Gasteiger partial charge in [-0.15, -0.1) is 0 Å². The van der Waals surface area contributed by atoms with Gasteiger partial charge in [-0.1, -0.05) is 11.6 Å². The number of methoxy groups -OCH3 is 1. The highest BCUT2D eigenvalue weighted by Gasteiger charge is 2.21. The van der Waals surface area contributed by atoms with Crippen molar-refractivity contribution >= 4 is 17.8 Å². The van der Waals surface area contributed by atoms with Crippen LogP contribution in [0.5, 0.6) is 0 Å². The number of rotatable bonds is 7. The number of aliphatic carboxylic acids is 1. The highest BCUT2D eigenvalue weighted by molar-refractivity contribution is 5.85. The van der Waals surface area contributed by atoms with Crippen molar-refractivity contribution < 1.29 is 24.2 Å². The molecule has 20 heavy (non-hydrogen) atoms. The van der Waals surface area contributed by atoms with Gasteiger partial charge in [0.2, 0.25) is 5.91 Å². The van der Waals surface area contributed by atoms with E-state index in [2.05, 4.69) is 10.1 Å². The molecular formula is C14H21NO5. The molecule has 0 saturated heterocycles. The molecule has 0 unspecified atom stereocenters. The van der Waals surface area contributed by atoms with Gasteiger partial charge in [-0.2, -0.15) is 0 Å². The van der Waals surface area contributed by atoms with Crippen LogP contribution in [-0.4, -0.2) is 36.1 Å². The predicted molar refractivity (Wildman–Crippen MR) is 72.0 cm³/mol. The maximum atomic E-state index is 11.8. The Balaban J connectivity index is 2.43. The molecule has 0 aromatic carbocycles. The van der Waals surface area contributed by atoms with Gasteiger partial charge in [0.25, 0.3) is 0 Å². The Kier molecular flexibility index (Phi) is 6.76. The van der Waals surface area contributed by atoms with Crippen LogP contribution in [-0.2, 0) is 19.1 Å². The maximum absolute atomic E-state index is 11.8. The quantitative estimate of drug-likeness (QED) is 0.544. The first-order chi connectivity index (χ1) is 9.52. The van der Waals surface area contributed by atoms with Crippen molar-refractivity contribution in [1.82, 2.24) is 5.32 Å². The third kappa shape index (κ3) is 5.86. The highest BCUT2D eigenvalue weighted by Crippen LogP contribution is 2.19. The summed E-state index contributed by atoms with van der Waals surface area (Å²) in [7, 11) is 1.24. The van der Waals surface area contributed by atoms with Crippen molar-refractivity contribution in [2.24, 2.45) is 0 Å². The average Bonchev–Trinajstić information content (AvgIpc) is 2.43. The minimum atomic E-state index is -1.14. The van der Waals surface area contributed by atoms with E-state index in [1.165, 1.54) is 7.11 Å². The third-order valence-electron chi connectivity index (χ3n) is 3.27. The van der Waals surface area contributed by atoms with Gasteiger partial charge in [-0.3, -0.25) is 9.59 Å². The highest BCUT2D eigenvalue weighted by atomic mass is 16.5. The van der Waals surface area contributed by atoms with Crippen LogP contribution in [0.3, 0.4) is 0 Å². The monoisotopic (exact) mass is 283 g/mol. The molecular weight excluding hydrogens is 262 g/mol. The van der Waals surface area contributed by atoms with Crippen LogP contribution in [0.4, 0.5) is 0 Å². The van der Waals surface area contributed by atoms with Gasteiger partial charge in [0.15, 0.2) is 0 Å². The summed E-state index contributed by atoms with van der Waals surface area (Å²) in [4.78, 5) is 33.9. The molecule has 0 aliphatic heterocycles. The van der Waals surface area contributed by atoms with Crippen LogP contribution in [0.1, 0.15) is 44.9 Å². The molecule has 1 atom stereocenters. The molecule has 1 aliphatic rings. The minimum Gasteiger partial charge on any atom is -0.480 e. The number of hydrogen-bond acceptors (Lipinski definition) is 4. The lowest BCUT2D eigenvalue weighted by molar-refractivity contribution is -0.144. The first-order valence-electron chi connectivity index (χ1n) is 6.80. The van der Waals surface area contributed by atoms with Crippen LogP contribution in [0.25, 0.3) is 0 Å². The van der Waals surface area contributed by atoms with E-state index in [4.69, 9.17) is 5.11 Å². The Morgan fingerprint density at radius 3 is 2.70 bits per heavy atom. The Labute approximate surface area is 118 Å². The Morgan fingerprint density at radius 1 is 1.40 bits per heavy atom. The summed E-state index contributed by atoms with van der Waals surface area (Å²) in [6, 6.07) is -1.05. The molecule has 1 amide bonds. The number of amides is 1.